The van der Waals surface area contributed by atoms with Crippen LogP contribution in [0.25, 0.3) is 0 Å². The second kappa shape index (κ2) is 7.51. The molecule has 1 N–H and O–H groups in total. The molecule has 1 aromatic rings. The Morgan fingerprint density at radius 1 is 1.16 bits per heavy atom. The molecule has 0 atom stereocenters. The third-order valence-corrected chi connectivity index (χ3v) is 3.71. The first-order chi connectivity index (χ1) is 9.25. The number of hydrogen-bond acceptors (Lipinski definition) is 3. The van der Waals surface area contributed by atoms with Gasteiger partial charge in [0.15, 0.2) is 0 Å². The number of piperidine rings is 1. The van der Waals surface area contributed by atoms with Crippen molar-refractivity contribution in [1.82, 2.24) is 10.2 Å². The summed E-state index contributed by atoms with van der Waals surface area (Å²) >= 11 is 0. The zero-order chi connectivity index (χ0) is 13.5. The van der Waals surface area contributed by atoms with Crippen molar-refractivity contribution in [1.29, 1.82) is 0 Å². The minimum Gasteiger partial charge on any atom is -0.494 e. The van der Waals surface area contributed by atoms with E-state index in [1.165, 1.54) is 18.4 Å². The summed E-state index contributed by atoms with van der Waals surface area (Å²) in [6.07, 6.45) is 3.58. The maximum atomic E-state index is 5.76. The van der Waals surface area contributed by atoms with Crippen LogP contribution < -0.4 is 10.1 Å². The molecule has 1 saturated heterocycles. The molecule has 106 valence electrons. The second-order valence-corrected chi connectivity index (χ2v) is 5.60. The molecule has 0 aromatic heterocycles. The highest BCUT2D eigenvalue weighted by Gasteiger charge is 2.14. The van der Waals surface area contributed by atoms with E-state index >= 15 is 0 Å². The van der Waals surface area contributed by atoms with Crippen LogP contribution in [0.5, 0.6) is 5.75 Å². The lowest BCUT2D eigenvalue weighted by molar-refractivity contribution is 0.281. The first kappa shape index (κ1) is 14.4. The first-order valence-corrected chi connectivity index (χ1v) is 7.34. The van der Waals surface area contributed by atoms with Crippen molar-refractivity contribution in [2.24, 2.45) is 0 Å². The van der Waals surface area contributed by atoms with Crippen LogP contribution in [0.3, 0.4) is 0 Å². The maximum absolute atomic E-state index is 5.76. The zero-order valence-electron chi connectivity index (χ0n) is 12.2. The monoisotopic (exact) mass is 262 g/mol. The Balaban J connectivity index is 1.77. The highest BCUT2D eigenvalue weighted by molar-refractivity contribution is 5.29. The lowest BCUT2D eigenvalue weighted by atomic mass is 9.90. The van der Waals surface area contributed by atoms with Gasteiger partial charge in [-0.15, -0.1) is 0 Å². The summed E-state index contributed by atoms with van der Waals surface area (Å²) in [7, 11) is 4.18. The van der Waals surface area contributed by atoms with Gasteiger partial charge in [-0.05, 0) is 70.1 Å². The third kappa shape index (κ3) is 4.84. The van der Waals surface area contributed by atoms with Gasteiger partial charge in [0.1, 0.15) is 5.75 Å². The summed E-state index contributed by atoms with van der Waals surface area (Å²) in [6, 6.07) is 8.70. The van der Waals surface area contributed by atoms with E-state index in [2.05, 4.69) is 48.6 Å². The van der Waals surface area contributed by atoms with Crippen LogP contribution in [0, 0.1) is 0 Å². The SMILES string of the molecule is CN(C)CCCOc1ccc(C2CCNCC2)cc1. The summed E-state index contributed by atoms with van der Waals surface area (Å²) in [5.41, 5.74) is 1.46. The number of ether oxygens (including phenoxy) is 1. The van der Waals surface area contributed by atoms with Gasteiger partial charge in [0.2, 0.25) is 0 Å². The number of rotatable bonds is 6. The highest BCUT2D eigenvalue weighted by Crippen LogP contribution is 2.26. The summed E-state index contributed by atoms with van der Waals surface area (Å²) < 4.78 is 5.76. The summed E-state index contributed by atoms with van der Waals surface area (Å²) in [6.45, 7) is 4.17. The molecule has 0 amide bonds. The normalized spacial score (nSPS) is 16.8. The fourth-order valence-electron chi connectivity index (χ4n) is 2.56. The lowest BCUT2D eigenvalue weighted by Gasteiger charge is -2.23. The zero-order valence-corrected chi connectivity index (χ0v) is 12.2. The van der Waals surface area contributed by atoms with Crippen molar-refractivity contribution in [3.63, 3.8) is 0 Å². The molecule has 1 aromatic carbocycles. The Morgan fingerprint density at radius 3 is 2.47 bits per heavy atom. The molecule has 1 aliphatic heterocycles. The van der Waals surface area contributed by atoms with E-state index in [-0.39, 0.29) is 0 Å². The number of nitrogens with zero attached hydrogens (tertiary/aromatic N) is 1. The fraction of sp³-hybridized carbons (Fsp3) is 0.625. The van der Waals surface area contributed by atoms with Gasteiger partial charge < -0.3 is 15.0 Å². The molecule has 0 saturated carbocycles. The standard InChI is InChI=1S/C16H26N2O/c1-18(2)12-3-13-19-16-6-4-14(5-7-16)15-8-10-17-11-9-15/h4-7,15,17H,3,8-13H2,1-2H3. The van der Waals surface area contributed by atoms with Crippen molar-refractivity contribution in [2.45, 2.75) is 25.2 Å². The molecule has 0 bridgehead atoms. The minimum atomic E-state index is 0.726. The average Bonchev–Trinajstić information content (AvgIpc) is 2.45. The van der Waals surface area contributed by atoms with Gasteiger partial charge in [-0.1, -0.05) is 12.1 Å². The molecular formula is C16H26N2O. The Kier molecular flexibility index (Phi) is 5.67. The van der Waals surface area contributed by atoms with E-state index in [9.17, 15) is 0 Å². The smallest absolute Gasteiger partial charge is 0.119 e. The summed E-state index contributed by atoms with van der Waals surface area (Å²) in [5, 5.41) is 3.41. The molecule has 19 heavy (non-hydrogen) atoms. The highest BCUT2D eigenvalue weighted by atomic mass is 16.5. The minimum absolute atomic E-state index is 0.726. The molecule has 0 spiro atoms. The van der Waals surface area contributed by atoms with Crippen molar-refractivity contribution < 1.29 is 4.74 Å². The molecular weight excluding hydrogens is 236 g/mol. The largest absolute Gasteiger partial charge is 0.494 e. The Labute approximate surface area is 116 Å². The molecule has 1 heterocycles. The second-order valence-electron chi connectivity index (χ2n) is 5.60. The third-order valence-electron chi connectivity index (χ3n) is 3.71. The van der Waals surface area contributed by atoms with Crippen LogP contribution in [0.4, 0.5) is 0 Å². The van der Waals surface area contributed by atoms with E-state index in [0.29, 0.717) is 0 Å². The van der Waals surface area contributed by atoms with Crippen molar-refractivity contribution in [2.75, 3.05) is 40.3 Å². The van der Waals surface area contributed by atoms with Crippen molar-refractivity contribution >= 4 is 0 Å². The van der Waals surface area contributed by atoms with E-state index in [1.54, 1.807) is 0 Å². The van der Waals surface area contributed by atoms with Crippen LogP contribution in [-0.4, -0.2) is 45.2 Å². The predicted octanol–water partition coefficient (Wildman–Crippen LogP) is 2.48. The summed E-state index contributed by atoms with van der Waals surface area (Å²) in [4.78, 5) is 2.18. The molecule has 1 aliphatic rings. The molecule has 1 fully saturated rings. The van der Waals surface area contributed by atoms with Crippen molar-refractivity contribution in [3.05, 3.63) is 29.8 Å². The van der Waals surface area contributed by atoms with Crippen LogP contribution in [0.2, 0.25) is 0 Å². The van der Waals surface area contributed by atoms with Crippen molar-refractivity contribution in [3.8, 4) is 5.75 Å². The first-order valence-electron chi connectivity index (χ1n) is 7.34. The van der Waals surface area contributed by atoms with Gasteiger partial charge in [-0.2, -0.15) is 0 Å². The van der Waals surface area contributed by atoms with Gasteiger partial charge in [-0.3, -0.25) is 0 Å². The molecule has 3 nitrogen and oxygen atoms in total. The number of hydrogen-bond donors (Lipinski definition) is 1. The molecule has 2 rings (SSSR count). The van der Waals surface area contributed by atoms with Gasteiger partial charge in [0, 0.05) is 6.54 Å². The van der Waals surface area contributed by atoms with Crippen LogP contribution in [0.15, 0.2) is 24.3 Å². The Bertz CT molecular complexity index is 356. The molecule has 0 aliphatic carbocycles. The summed E-state index contributed by atoms with van der Waals surface area (Å²) in [5.74, 6) is 1.72. The topological polar surface area (TPSA) is 24.5 Å². The number of benzene rings is 1. The van der Waals surface area contributed by atoms with Crippen LogP contribution in [-0.2, 0) is 0 Å². The maximum Gasteiger partial charge on any atom is 0.119 e. The number of nitrogens with one attached hydrogen (secondary N) is 1. The van der Waals surface area contributed by atoms with Gasteiger partial charge in [-0.25, -0.2) is 0 Å². The van der Waals surface area contributed by atoms with E-state index in [1.807, 2.05) is 0 Å². The predicted molar refractivity (Wildman–Crippen MR) is 80.0 cm³/mol. The Morgan fingerprint density at radius 2 is 1.84 bits per heavy atom. The fourth-order valence-corrected chi connectivity index (χ4v) is 2.56. The average molecular weight is 262 g/mol. The van der Waals surface area contributed by atoms with Gasteiger partial charge in [0.25, 0.3) is 0 Å². The Hall–Kier alpha value is -1.06. The van der Waals surface area contributed by atoms with Crippen LogP contribution in [0.1, 0.15) is 30.7 Å². The molecule has 0 radical (unpaired) electrons. The van der Waals surface area contributed by atoms with E-state index in [0.717, 1.165) is 44.3 Å². The van der Waals surface area contributed by atoms with Gasteiger partial charge >= 0.3 is 0 Å². The van der Waals surface area contributed by atoms with Crippen LogP contribution >= 0.6 is 0 Å². The molecule has 3 heteroatoms. The molecule has 0 unspecified atom stereocenters. The van der Waals surface area contributed by atoms with Gasteiger partial charge in [0.05, 0.1) is 6.61 Å². The van der Waals surface area contributed by atoms with E-state index in [4.69, 9.17) is 4.74 Å². The van der Waals surface area contributed by atoms with E-state index < -0.39 is 0 Å². The quantitative estimate of drug-likeness (QED) is 0.797. The lowest BCUT2D eigenvalue weighted by Crippen LogP contribution is -2.26.